The van der Waals surface area contributed by atoms with Gasteiger partial charge in [0.1, 0.15) is 5.75 Å². The van der Waals surface area contributed by atoms with Crippen LogP contribution < -0.4 is 25.2 Å². The smallest absolute Gasteiger partial charge is 0.255 e. The summed E-state index contributed by atoms with van der Waals surface area (Å²) in [5.41, 5.74) is 4.93. The minimum atomic E-state index is -0.189. The average molecular weight is 599 g/mol. The number of para-hydroxylation sites is 2. The Balaban J connectivity index is 1.28. The average Bonchev–Trinajstić information content (AvgIpc) is 3.60. The summed E-state index contributed by atoms with van der Waals surface area (Å²) in [6, 6.07) is 21.6. The van der Waals surface area contributed by atoms with Crippen molar-refractivity contribution >= 4 is 28.9 Å². The van der Waals surface area contributed by atoms with E-state index < -0.39 is 0 Å². The number of nitrogens with one attached hydrogen (secondary N) is 2. The number of methoxy groups -OCH3 is 1. The molecule has 2 N–H and O–H groups in total. The topological polar surface area (TPSA) is 83.1 Å². The largest absolute Gasteiger partial charge is 0.495 e. The van der Waals surface area contributed by atoms with Gasteiger partial charge in [-0.25, -0.2) is 0 Å². The predicted molar refractivity (Wildman–Crippen MR) is 177 cm³/mol. The second-order valence-corrected chi connectivity index (χ2v) is 11.7. The molecule has 234 valence electrons. The number of ether oxygens (including phenoxy) is 2. The molecule has 2 amide bonds. The van der Waals surface area contributed by atoms with E-state index >= 15 is 0 Å². The summed E-state index contributed by atoms with van der Waals surface area (Å²) in [4.78, 5) is 31.3. The second-order valence-electron chi connectivity index (χ2n) is 11.7. The van der Waals surface area contributed by atoms with Crippen molar-refractivity contribution in [3.63, 3.8) is 0 Å². The SMILES string of the molecule is CCCCCCc1ccc(C(=O)Nc2ccc(N3CCN(c4ccccc4OC)CC3)c(C(=O)NCC3CCCO3)c2)cc1. The van der Waals surface area contributed by atoms with Crippen LogP contribution in [0.1, 0.15) is 71.7 Å². The van der Waals surface area contributed by atoms with E-state index in [0.717, 1.165) is 69.2 Å². The molecule has 44 heavy (non-hydrogen) atoms. The first-order valence-electron chi connectivity index (χ1n) is 16.1. The van der Waals surface area contributed by atoms with Crippen LogP contribution in [0.5, 0.6) is 5.75 Å². The van der Waals surface area contributed by atoms with E-state index in [2.05, 4.69) is 33.4 Å². The number of nitrogens with zero attached hydrogens (tertiary/aromatic N) is 2. The van der Waals surface area contributed by atoms with Crippen LogP contribution in [-0.2, 0) is 11.2 Å². The van der Waals surface area contributed by atoms with Gasteiger partial charge in [-0.2, -0.15) is 0 Å². The van der Waals surface area contributed by atoms with Crippen molar-refractivity contribution in [2.24, 2.45) is 0 Å². The highest BCUT2D eigenvalue weighted by atomic mass is 16.5. The molecule has 2 aliphatic heterocycles. The Morgan fingerprint density at radius 2 is 1.64 bits per heavy atom. The zero-order chi connectivity index (χ0) is 30.7. The first kappa shape index (κ1) is 31.4. The van der Waals surface area contributed by atoms with Crippen LogP contribution in [0.4, 0.5) is 17.1 Å². The van der Waals surface area contributed by atoms with Crippen LogP contribution in [0.2, 0.25) is 0 Å². The third-order valence-corrected chi connectivity index (χ3v) is 8.59. The van der Waals surface area contributed by atoms with Crippen molar-refractivity contribution in [3.05, 3.63) is 83.4 Å². The van der Waals surface area contributed by atoms with Crippen molar-refractivity contribution in [1.82, 2.24) is 5.32 Å². The highest BCUT2D eigenvalue weighted by molar-refractivity contribution is 6.06. The fraction of sp³-hybridized carbons (Fsp3) is 0.444. The van der Waals surface area contributed by atoms with Crippen LogP contribution in [0.3, 0.4) is 0 Å². The first-order chi connectivity index (χ1) is 21.6. The second kappa shape index (κ2) is 15.6. The number of rotatable bonds is 13. The number of anilines is 3. The van der Waals surface area contributed by atoms with Gasteiger partial charge in [-0.3, -0.25) is 9.59 Å². The molecule has 5 rings (SSSR count). The van der Waals surface area contributed by atoms with Gasteiger partial charge in [0, 0.05) is 56.3 Å². The Morgan fingerprint density at radius 1 is 0.886 bits per heavy atom. The zero-order valence-corrected chi connectivity index (χ0v) is 26.1. The van der Waals surface area contributed by atoms with E-state index in [1.165, 1.54) is 31.2 Å². The number of piperazine rings is 1. The highest BCUT2D eigenvalue weighted by Gasteiger charge is 2.25. The van der Waals surface area contributed by atoms with Crippen LogP contribution in [0.15, 0.2) is 66.7 Å². The summed E-state index contributed by atoms with van der Waals surface area (Å²) in [6.07, 6.45) is 7.92. The van der Waals surface area contributed by atoms with Gasteiger partial charge in [-0.05, 0) is 73.7 Å². The number of unbranched alkanes of at least 4 members (excludes halogenated alkanes) is 3. The van der Waals surface area contributed by atoms with Gasteiger partial charge in [0.2, 0.25) is 0 Å². The fourth-order valence-corrected chi connectivity index (χ4v) is 6.04. The van der Waals surface area contributed by atoms with E-state index in [1.807, 2.05) is 54.6 Å². The van der Waals surface area contributed by atoms with Gasteiger partial charge in [-0.1, -0.05) is 50.5 Å². The van der Waals surface area contributed by atoms with Gasteiger partial charge in [0.05, 0.1) is 24.5 Å². The third kappa shape index (κ3) is 8.11. The van der Waals surface area contributed by atoms with Crippen LogP contribution in [-0.4, -0.2) is 64.4 Å². The molecule has 0 bridgehead atoms. The van der Waals surface area contributed by atoms with Crippen molar-refractivity contribution < 1.29 is 19.1 Å². The molecular formula is C36H46N4O4. The maximum Gasteiger partial charge on any atom is 0.255 e. The molecule has 8 heteroatoms. The molecule has 0 aromatic heterocycles. The summed E-state index contributed by atoms with van der Waals surface area (Å²) in [6.45, 7) is 6.52. The van der Waals surface area contributed by atoms with Crippen molar-refractivity contribution in [1.29, 1.82) is 0 Å². The molecule has 2 aliphatic rings. The molecule has 1 unspecified atom stereocenters. The molecular weight excluding hydrogens is 552 g/mol. The lowest BCUT2D eigenvalue weighted by Gasteiger charge is -2.38. The molecule has 3 aromatic rings. The van der Waals surface area contributed by atoms with Crippen molar-refractivity contribution in [2.45, 2.75) is 58.0 Å². The van der Waals surface area contributed by atoms with Crippen LogP contribution in [0.25, 0.3) is 0 Å². The van der Waals surface area contributed by atoms with Crippen LogP contribution in [0, 0.1) is 0 Å². The van der Waals surface area contributed by atoms with E-state index in [-0.39, 0.29) is 17.9 Å². The number of carbonyl (C=O) groups excluding carboxylic acids is 2. The number of hydrogen-bond donors (Lipinski definition) is 2. The minimum absolute atomic E-state index is 0.0456. The summed E-state index contributed by atoms with van der Waals surface area (Å²) in [5.74, 6) is 0.509. The number of carbonyl (C=O) groups is 2. The molecule has 8 nitrogen and oxygen atoms in total. The number of hydrogen-bond acceptors (Lipinski definition) is 6. The Hall–Kier alpha value is -4.04. The normalized spacial score (nSPS) is 16.5. The predicted octanol–water partition coefficient (Wildman–Crippen LogP) is 6.31. The van der Waals surface area contributed by atoms with E-state index in [4.69, 9.17) is 9.47 Å². The Bertz CT molecular complexity index is 1380. The summed E-state index contributed by atoms with van der Waals surface area (Å²) >= 11 is 0. The quantitative estimate of drug-likeness (QED) is 0.225. The minimum Gasteiger partial charge on any atom is -0.495 e. The van der Waals surface area contributed by atoms with Crippen molar-refractivity contribution in [2.75, 3.05) is 61.6 Å². The maximum absolute atomic E-state index is 13.6. The molecule has 0 spiro atoms. The molecule has 3 aromatic carbocycles. The number of amides is 2. The summed E-state index contributed by atoms with van der Waals surface area (Å²) < 4.78 is 11.3. The molecule has 0 saturated carbocycles. The highest BCUT2D eigenvalue weighted by Crippen LogP contribution is 2.31. The standard InChI is InChI=1S/C36H46N4O4/c1-3-4-5-6-10-27-14-16-28(17-15-27)35(41)38-29-18-19-32(31(25-29)36(42)37-26-30-11-9-24-44-30)39-20-22-40(23-21-39)33-12-7-8-13-34(33)43-2/h7-8,12-19,25,30H,3-6,9-11,20-24,26H2,1-2H3,(H,37,42)(H,38,41). The summed E-state index contributed by atoms with van der Waals surface area (Å²) in [5, 5.41) is 6.10. The monoisotopic (exact) mass is 598 g/mol. The lowest BCUT2D eigenvalue weighted by Crippen LogP contribution is -2.47. The van der Waals surface area contributed by atoms with Gasteiger partial charge < -0.3 is 29.9 Å². The molecule has 0 radical (unpaired) electrons. The Labute approximate surface area is 261 Å². The van der Waals surface area contributed by atoms with Gasteiger partial charge in [0.15, 0.2) is 0 Å². The van der Waals surface area contributed by atoms with Crippen LogP contribution >= 0.6 is 0 Å². The Morgan fingerprint density at radius 3 is 2.34 bits per heavy atom. The molecule has 2 saturated heterocycles. The van der Waals surface area contributed by atoms with Crippen molar-refractivity contribution in [3.8, 4) is 5.75 Å². The fourth-order valence-electron chi connectivity index (χ4n) is 6.04. The molecule has 0 aliphatic carbocycles. The van der Waals surface area contributed by atoms with E-state index in [0.29, 0.717) is 23.4 Å². The lowest BCUT2D eigenvalue weighted by atomic mass is 10.0. The zero-order valence-electron chi connectivity index (χ0n) is 26.1. The Kier molecular flexibility index (Phi) is 11.1. The maximum atomic E-state index is 13.6. The number of benzene rings is 3. The van der Waals surface area contributed by atoms with E-state index in [1.54, 1.807) is 13.2 Å². The molecule has 2 fully saturated rings. The number of aryl methyl sites for hydroxylation is 1. The molecule has 1 atom stereocenters. The van der Waals surface area contributed by atoms with Gasteiger partial charge in [-0.15, -0.1) is 0 Å². The van der Waals surface area contributed by atoms with E-state index in [9.17, 15) is 9.59 Å². The third-order valence-electron chi connectivity index (χ3n) is 8.59. The lowest BCUT2D eigenvalue weighted by molar-refractivity contribution is 0.0858. The first-order valence-corrected chi connectivity index (χ1v) is 16.1. The summed E-state index contributed by atoms with van der Waals surface area (Å²) in [7, 11) is 1.70. The van der Waals surface area contributed by atoms with Gasteiger partial charge >= 0.3 is 0 Å². The van der Waals surface area contributed by atoms with Gasteiger partial charge in [0.25, 0.3) is 11.8 Å². The molecule has 2 heterocycles.